The van der Waals surface area contributed by atoms with Crippen molar-refractivity contribution in [2.24, 2.45) is 0 Å². The van der Waals surface area contributed by atoms with Crippen LogP contribution in [-0.2, 0) is 9.59 Å². The summed E-state index contributed by atoms with van der Waals surface area (Å²) in [7, 11) is 1.54. The molecule has 1 heterocycles. The van der Waals surface area contributed by atoms with Gasteiger partial charge >= 0.3 is 0 Å². The van der Waals surface area contributed by atoms with Crippen molar-refractivity contribution < 1.29 is 23.9 Å². The van der Waals surface area contributed by atoms with Crippen molar-refractivity contribution in [2.45, 2.75) is 6.92 Å². The van der Waals surface area contributed by atoms with E-state index in [1.807, 2.05) is 6.92 Å². The van der Waals surface area contributed by atoms with Crippen molar-refractivity contribution in [2.75, 3.05) is 25.6 Å². The third kappa shape index (κ3) is 5.14. The Hall–Kier alpha value is -2.97. The Kier molecular flexibility index (Phi) is 7.02. The molecule has 0 bridgehead atoms. The molecule has 3 rings (SSSR count). The number of imide groups is 1. The molecule has 0 saturated carbocycles. The van der Waals surface area contributed by atoms with Gasteiger partial charge in [0.05, 0.1) is 18.6 Å². The van der Waals surface area contributed by atoms with E-state index in [1.165, 1.54) is 7.11 Å². The van der Waals surface area contributed by atoms with E-state index in [0.717, 1.165) is 16.7 Å². The maximum atomic E-state index is 12.6. The van der Waals surface area contributed by atoms with Crippen LogP contribution in [0.1, 0.15) is 12.5 Å². The smallest absolute Gasteiger partial charge is 0.294 e. The lowest BCUT2D eigenvalue weighted by molar-refractivity contribution is -0.127. The van der Waals surface area contributed by atoms with Gasteiger partial charge in [0.25, 0.3) is 11.1 Å². The minimum Gasteiger partial charge on any atom is -0.493 e. The van der Waals surface area contributed by atoms with Gasteiger partial charge in [0, 0.05) is 10.7 Å². The fourth-order valence-corrected chi connectivity index (χ4v) is 3.68. The largest absolute Gasteiger partial charge is 0.493 e. The van der Waals surface area contributed by atoms with Crippen molar-refractivity contribution in [1.29, 1.82) is 0 Å². The second kappa shape index (κ2) is 9.69. The van der Waals surface area contributed by atoms with Crippen LogP contribution in [0.15, 0.2) is 47.4 Å². The molecule has 0 spiro atoms. The van der Waals surface area contributed by atoms with Crippen LogP contribution < -0.4 is 14.8 Å². The van der Waals surface area contributed by atoms with Crippen molar-refractivity contribution >= 4 is 52.2 Å². The predicted molar refractivity (Wildman–Crippen MR) is 117 cm³/mol. The highest BCUT2D eigenvalue weighted by atomic mass is 35.5. The molecule has 1 aliphatic rings. The molecule has 0 aliphatic carbocycles. The van der Waals surface area contributed by atoms with Crippen LogP contribution in [0.5, 0.6) is 11.5 Å². The van der Waals surface area contributed by atoms with Gasteiger partial charge in [-0.2, -0.15) is 0 Å². The first kappa shape index (κ1) is 21.7. The first-order chi connectivity index (χ1) is 14.4. The van der Waals surface area contributed by atoms with E-state index in [-0.39, 0.29) is 11.4 Å². The number of amides is 3. The Balaban J connectivity index is 1.71. The third-order valence-electron chi connectivity index (χ3n) is 4.09. The van der Waals surface area contributed by atoms with Crippen LogP contribution in [-0.4, -0.2) is 42.2 Å². The van der Waals surface area contributed by atoms with Gasteiger partial charge in [-0.25, -0.2) is 0 Å². The van der Waals surface area contributed by atoms with Gasteiger partial charge in [0.1, 0.15) is 6.54 Å². The molecular formula is C21H19ClN2O5S. The standard InChI is InChI=1S/C21H19ClN2O5S/c1-3-29-17-10-13(4-9-16(17)28-2)11-18-20(26)24(21(27)30-18)12-19(25)23-15-7-5-14(22)6-8-15/h4-11H,3,12H2,1-2H3,(H,23,25)/b18-11+. The minimum absolute atomic E-state index is 0.229. The van der Waals surface area contributed by atoms with Gasteiger partial charge < -0.3 is 14.8 Å². The number of thioether (sulfide) groups is 1. The highest BCUT2D eigenvalue weighted by Gasteiger charge is 2.36. The first-order valence-electron chi connectivity index (χ1n) is 9.03. The van der Waals surface area contributed by atoms with Crippen molar-refractivity contribution in [1.82, 2.24) is 4.90 Å². The van der Waals surface area contributed by atoms with Crippen molar-refractivity contribution in [3.8, 4) is 11.5 Å². The molecule has 7 nitrogen and oxygen atoms in total. The molecule has 2 aromatic rings. The normalized spacial score (nSPS) is 14.9. The van der Waals surface area contributed by atoms with Crippen LogP contribution >= 0.6 is 23.4 Å². The molecule has 0 unspecified atom stereocenters. The molecule has 30 heavy (non-hydrogen) atoms. The summed E-state index contributed by atoms with van der Waals surface area (Å²) < 4.78 is 10.8. The quantitative estimate of drug-likeness (QED) is 0.633. The average molecular weight is 447 g/mol. The second-order valence-electron chi connectivity index (χ2n) is 6.17. The number of methoxy groups -OCH3 is 1. The zero-order valence-electron chi connectivity index (χ0n) is 16.3. The number of halogens is 1. The SMILES string of the molecule is CCOc1cc(/C=C2/SC(=O)N(CC(=O)Nc3ccc(Cl)cc3)C2=O)ccc1OC. The van der Waals surface area contributed by atoms with Gasteiger partial charge in [-0.05, 0) is 66.7 Å². The maximum Gasteiger partial charge on any atom is 0.294 e. The van der Waals surface area contributed by atoms with Crippen LogP contribution in [0.2, 0.25) is 5.02 Å². The Morgan fingerprint density at radius 3 is 2.57 bits per heavy atom. The van der Waals surface area contributed by atoms with Crippen LogP contribution in [0.4, 0.5) is 10.5 Å². The lowest BCUT2D eigenvalue weighted by Gasteiger charge is -2.12. The molecule has 1 saturated heterocycles. The van der Waals surface area contributed by atoms with Gasteiger partial charge in [-0.15, -0.1) is 0 Å². The highest BCUT2D eigenvalue weighted by molar-refractivity contribution is 8.18. The van der Waals surface area contributed by atoms with Gasteiger partial charge in [0.2, 0.25) is 5.91 Å². The monoisotopic (exact) mass is 446 g/mol. The molecule has 156 valence electrons. The molecule has 1 N–H and O–H groups in total. The summed E-state index contributed by atoms with van der Waals surface area (Å²) in [5.41, 5.74) is 1.20. The molecule has 3 amide bonds. The minimum atomic E-state index is -0.523. The van der Waals surface area contributed by atoms with Crippen molar-refractivity contribution in [3.63, 3.8) is 0 Å². The van der Waals surface area contributed by atoms with Gasteiger partial charge in [-0.3, -0.25) is 19.3 Å². The molecule has 0 atom stereocenters. The van der Waals surface area contributed by atoms with E-state index in [9.17, 15) is 14.4 Å². The first-order valence-corrected chi connectivity index (χ1v) is 10.2. The Labute approximate surface area is 183 Å². The van der Waals surface area contributed by atoms with E-state index < -0.39 is 17.1 Å². The van der Waals surface area contributed by atoms with E-state index in [0.29, 0.717) is 34.4 Å². The predicted octanol–water partition coefficient (Wildman–Crippen LogP) is 4.42. The molecule has 1 aliphatic heterocycles. The number of hydrogen-bond acceptors (Lipinski definition) is 6. The number of nitrogens with zero attached hydrogens (tertiary/aromatic N) is 1. The molecular weight excluding hydrogens is 428 g/mol. The maximum absolute atomic E-state index is 12.6. The summed E-state index contributed by atoms with van der Waals surface area (Å²) in [6.07, 6.45) is 1.59. The highest BCUT2D eigenvalue weighted by Crippen LogP contribution is 2.34. The van der Waals surface area contributed by atoms with Gasteiger partial charge in [0.15, 0.2) is 11.5 Å². The van der Waals surface area contributed by atoms with E-state index >= 15 is 0 Å². The Morgan fingerprint density at radius 1 is 1.17 bits per heavy atom. The Bertz CT molecular complexity index is 1010. The van der Waals surface area contributed by atoms with Crippen molar-refractivity contribution in [3.05, 3.63) is 58.0 Å². The summed E-state index contributed by atoms with van der Waals surface area (Å²) >= 11 is 6.60. The summed E-state index contributed by atoms with van der Waals surface area (Å²) in [4.78, 5) is 38.3. The molecule has 9 heteroatoms. The average Bonchev–Trinajstić information content (AvgIpc) is 2.97. The topological polar surface area (TPSA) is 84.9 Å². The van der Waals surface area contributed by atoms with Crippen LogP contribution in [0.3, 0.4) is 0 Å². The number of rotatable bonds is 7. The zero-order chi connectivity index (χ0) is 21.7. The lowest BCUT2D eigenvalue weighted by Crippen LogP contribution is -2.36. The van der Waals surface area contributed by atoms with Crippen LogP contribution in [0.25, 0.3) is 6.08 Å². The number of carbonyl (C=O) groups is 3. The second-order valence-corrected chi connectivity index (χ2v) is 7.60. The summed E-state index contributed by atoms with van der Waals surface area (Å²) in [5, 5.41) is 2.67. The van der Waals surface area contributed by atoms with E-state index in [4.69, 9.17) is 21.1 Å². The lowest BCUT2D eigenvalue weighted by atomic mass is 10.2. The summed E-state index contributed by atoms with van der Waals surface area (Å²) in [6.45, 7) is 1.93. The summed E-state index contributed by atoms with van der Waals surface area (Å²) in [6, 6.07) is 11.7. The molecule has 0 radical (unpaired) electrons. The van der Waals surface area contributed by atoms with Crippen LogP contribution in [0, 0.1) is 0 Å². The number of hydrogen-bond donors (Lipinski definition) is 1. The fourth-order valence-electron chi connectivity index (χ4n) is 2.72. The fraction of sp³-hybridized carbons (Fsp3) is 0.190. The number of ether oxygens (including phenoxy) is 2. The number of nitrogens with one attached hydrogen (secondary N) is 1. The number of anilines is 1. The Morgan fingerprint density at radius 2 is 1.90 bits per heavy atom. The number of benzene rings is 2. The summed E-state index contributed by atoms with van der Waals surface area (Å²) in [5.74, 6) is 0.102. The third-order valence-corrected chi connectivity index (χ3v) is 5.25. The molecule has 1 fully saturated rings. The number of carbonyl (C=O) groups excluding carboxylic acids is 3. The van der Waals surface area contributed by atoms with Gasteiger partial charge in [-0.1, -0.05) is 17.7 Å². The zero-order valence-corrected chi connectivity index (χ0v) is 17.9. The van der Waals surface area contributed by atoms with E-state index in [1.54, 1.807) is 48.5 Å². The molecule has 2 aromatic carbocycles. The molecule has 0 aromatic heterocycles. The van der Waals surface area contributed by atoms with E-state index in [2.05, 4.69) is 5.32 Å².